The number of ether oxygens (including phenoxy) is 2. The van der Waals surface area contributed by atoms with Crippen molar-refractivity contribution in [2.24, 2.45) is 0 Å². The van der Waals surface area contributed by atoms with Gasteiger partial charge in [-0.2, -0.15) is 4.98 Å². The highest BCUT2D eigenvalue weighted by molar-refractivity contribution is 5.84. The summed E-state index contributed by atoms with van der Waals surface area (Å²) in [4.78, 5) is 31.6. The van der Waals surface area contributed by atoms with Gasteiger partial charge in [0.2, 0.25) is 5.89 Å². The quantitative estimate of drug-likeness (QED) is 0.223. The zero-order valence-corrected chi connectivity index (χ0v) is 25.4. The number of carbonyl (C=O) groups is 2. The third-order valence-corrected chi connectivity index (χ3v) is 8.06. The molecule has 3 aromatic carbocycles. The molecule has 9 heteroatoms. The van der Waals surface area contributed by atoms with E-state index in [1.165, 1.54) is 22.3 Å². The number of benzene rings is 3. The van der Waals surface area contributed by atoms with Gasteiger partial charge in [0.25, 0.3) is 0 Å². The molecule has 0 spiro atoms. The first-order valence-corrected chi connectivity index (χ1v) is 15.3. The second-order valence-corrected chi connectivity index (χ2v) is 12.4. The fourth-order valence-corrected chi connectivity index (χ4v) is 6.05. The molecule has 2 heterocycles. The summed E-state index contributed by atoms with van der Waals surface area (Å²) in [6.45, 7) is 6.37. The van der Waals surface area contributed by atoms with Crippen molar-refractivity contribution in [2.75, 3.05) is 18.5 Å². The van der Waals surface area contributed by atoms with Gasteiger partial charge in [0.1, 0.15) is 18.2 Å². The van der Waals surface area contributed by atoms with E-state index in [2.05, 4.69) is 39.7 Å². The number of aromatic nitrogens is 2. The first-order valence-electron chi connectivity index (χ1n) is 15.3. The van der Waals surface area contributed by atoms with Gasteiger partial charge in [-0.1, -0.05) is 65.8 Å². The van der Waals surface area contributed by atoms with Crippen LogP contribution in [0.15, 0.2) is 77.3 Å². The van der Waals surface area contributed by atoms with Crippen molar-refractivity contribution in [3.63, 3.8) is 0 Å². The van der Waals surface area contributed by atoms with Crippen molar-refractivity contribution in [3.05, 3.63) is 101 Å². The summed E-state index contributed by atoms with van der Waals surface area (Å²) >= 11 is 0. The molecule has 2 amide bonds. The average molecular weight is 595 g/mol. The fourth-order valence-electron chi connectivity index (χ4n) is 6.05. The summed E-state index contributed by atoms with van der Waals surface area (Å²) in [7, 11) is 0. The summed E-state index contributed by atoms with van der Waals surface area (Å²) in [6, 6.07) is 24.1. The number of amides is 2. The van der Waals surface area contributed by atoms with Gasteiger partial charge in [0.15, 0.2) is 5.82 Å². The number of nitrogens with one attached hydrogen (secondary N) is 1. The number of likely N-dealkylation sites (tertiary alicyclic amines) is 1. The largest absolute Gasteiger partial charge is 0.448 e. The van der Waals surface area contributed by atoms with Crippen LogP contribution in [0, 0.1) is 0 Å². The fraction of sp³-hybridized carbons (Fsp3) is 0.371. The smallest absolute Gasteiger partial charge is 0.412 e. The second kappa shape index (κ2) is 12.5. The zero-order valence-electron chi connectivity index (χ0n) is 25.4. The van der Waals surface area contributed by atoms with Crippen LogP contribution < -0.4 is 5.32 Å². The van der Waals surface area contributed by atoms with E-state index in [4.69, 9.17) is 14.0 Å². The van der Waals surface area contributed by atoms with Gasteiger partial charge in [-0.15, -0.1) is 0 Å². The minimum absolute atomic E-state index is 0.0138. The van der Waals surface area contributed by atoms with Gasteiger partial charge in [-0.05, 0) is 86.4 Å². The molecule has 1 N–H and O–H groups in total. The average Bonchev–Trinajstić information content (AvgIpc) is 3.74. The predicted octanol–water partition coefficient (Wildman–Crippen LogP) is 7.68. The summed E-state index contributed by atoms with van der Waals surface area (Å²) in [5.74, 6) is 1.10. The summed E-state index contributed by atoms with van der Waals surface area (Å²) in [5, 5.41) is 6.94. The van der Waals surface area contributed by atoms with Crippen molar-refractivity contribution in [1.29, 1.82) is 0 Å². The minimum Gasteiger partial charge on any atom is -0.448 e. The van der Waals surface area contributed by atoms with Crippen molar-refractivity contribution in [1.82, 2.24) is 15.0 Å². The van der Waals surface area contributed by atoms with Crippen LogP contribution in [0.2, 0.25) is 0 Å². The Hall–Kier alpha value is -4.66. The maximum absolute atomic E-state index is 13.3. The molecule has 0 radical (unpaired) electrons. The number of rotatable bonds is 8. The third-order valence-electron chi connectivity index (χ3n) is 8.06. The van der Waals surface area contributed by atoms with Crippen molar-refractivity contribution < 1.29 is 23.6 Å². The Bertz CT molecular complexity index is 1580. The van der Waals surface area contributed by atoms with Gasteiger partial charge in [0, 0.05) is 24.6 Å². The number of hydrogen-bond donors (Lipinski definition) is 1. The number of anilines is 1. The van der Waals surface area contributed by atoms with Crippen LogP contribution in [0.25, 0.3) is 11.1 Å². The van der Waals surface area contributed by atoms with E-state index < -0.39 is 11.7 Å². The molecule has 1 aliphatic heterocycles. The standard InChI is InChI=1S/C35H38N4O5/c1-35(2,3)43-33(40)36-24-19-17-23(18-20-24)10-8-16-31-37-32(44-38-31)30-15-9-21-39(30)34(41)42-22-29-27-13-6-4-11-25(27)26-12-5-7-14-28(26)29/h4-7,11-14,17-20,29-30H,8-10,15-16,21-22H2,1-3H3,(H,36,40)/t30-/m0/s1. The van der Waals surface area contributed by atoms with E-state index in [9.17, 15) is 9.59 Å². The maximum atomic E-state index is 13.3. The van der Waals surface area contributed by atoms with Crippen LogP contribution in [-0.4, -0.2) is 46.0 Å². The van der Waals surface area contributed by atoms with Crippen molar-refractivity contribution in [3.8, 4) is 11.1 Å². The van der Waals surface area contributed by atoms with Crippen molar-refractivity contribution >= 4 is 17.9 Å². The Morgan fingerprint density at radius 3 is 2.32 bits per heavy atom. The number of carbonyl (C=O) groups excluding carboxylic acids is 2. The highest BCUT2D eigenvalue weighted by atomic mass is 16.6. The first kappa shape index (κ1) is 29.4. The molecule has 1 saturated heterocycles. The Morgan fingerprint density at radius 1 is 0.955 bits per heavy atom. The monoisotopic (exact) mass is 594 g/mol. The van der Waals surface area contributed by atoms with Gasteiger partial charge >= 0.3 is 12.2 Å². The Balaban J connectivity index is 1.00. The molecule has 44 heavy (non-hydrogen) atoms. The predicted molar refractivity (Wildman–Crippen MR) is 166 cm³/mol. The molecular weight excluding hydrogens is 556 g/mol. The summed E-state index contributed by atoms with van der Waals surface area (Å²) in [5.41, 5.74) is 6.06. The highest BCUT2D eigenvalue weighted by Gasteiger charge is 2.36. The second-order valence-electron chi connectivity index (χ2n) is 12.4. The number of nitrogens with zero attached hydrogens (tertiary/aromatic N) is 3. The Labute approximate surface area is 257 Å². The number of hydrogen-bond acceptors (Lipinski definition) is 7. The normalized spacial score (nSPS) is 16.0. The van der Waals surface area contributed by atoms with E-state index in [1.807, 2.05) is 69.3 Å². The lowest BCUT2D eigenvalue weighted by Crippen LogP contribution is -2.32. The molecule has 1 fully saturated rings. The van der Waals surface area contributed by atoms with Gasteiger partial charge in [-0.3, -0.25) is 10.2 Å². The maximum Gasteiger partial charge on any atom is 0.412 e. The molecule has 1 atom stereocenters. The molecule has 1 aliphatic carbocycles. The van der Waals surface area contributed by atoms with Crippen LogP contribution >= 0.6 is 0 Å². The Morgan fingerprint density at radius 2 is 1.64 bits per heavy atom. The zero-order chi connectivity index (χ0) is 30.7. The first-order chi connectivity index (χ1) is 21.2. The highest BCUT2D eigenvalue weighted by Crippen LogP contribution is 2.44. The number of fused-ring (bicyclic) bond motifs is 3. The van der Waals surface area contributed by atoms with Crippen molar-refractivity contribution in [2.45, 2.75) is 70.4 Å². The minimum atomic E-state index is -0.547. The molecule has 4 aromatic rings. The van der Waals surface area contributed by atoms with Crippen LogP contribution in [-0.2, 0) is 22.3 Å². The molecule has 0 unspecified atom stereocenters. The molecule has 9 nitrogen and oxygen atoms in total. The lowest BCUT2D eigenvalue weighted by molar-refractivity contribution is 0.0635. The van der Waals surface area contributed by atoms with Gasteiger partial charge < -0.3 is 14.0 Å². The van der Waals surface area contributed by atoms with Gasteiger partial charge in [-0.25, -0.2) is 9.59 Å². The van der Waals surface area contributed by atoms with Crippen LogP contribution in [0.1, 0.15) is 80.4 Å². The van der Waals surface area contributed by atoms with Crippen LogP contribution in [0.3, 0.4) is 0 Å². The number of aryl methyl sites for hydroxylation is 2. The van der Waals surface area contributed by atoms with Gasteiger partial charge in [0.05, 0.1) is 0 Å². The Kier molecular flexibility index (Phi) is 8.37. The van der Waals surface area contributed by atoms with Crippen LogP contribution in [0.4, 0.5) is 15.3 Å². The molecule has 2 aliphatic rings. The molecule has 1 aromatic heterocycles. The van der Waals surface area contributed by atoms with Crippen LogP contribution in [0.5, 0.6) is 0 Å². The van der Waals surface area contributed by atoms with E-state index in [0.717, 1.165) is 31.2 Å². The summed E-state index contributed by atoms with van der Waals surface area (Å²) < 4.78 is 16.8. The third kappa shape index (κ3) is 6.61. The van der Waals surface area contributed by atoms with E-state index in [1.54, 1.807) is 4.90 Å². The lowest BCUT2D eigenvalue weighted by Gasteiger charge is -2.23. The molecular formula is C35H38N4O5. The molecule has 228 valence electrons. The van der Waals surface area contributed by atoms with E-state index >= 15 is 0 Å². The molecule has 6 rings (SSSR count). The van der Waals surface area contributed by atoms with E-state index in [-0.39, 0.29) is 24.7 Å². The molecule has 0 saturated carbocycles. The lowest BCUT2D eigenvalue weighted by atomic mass is 9.98. The summed E-state index contributed by atoms with van der Waals surface area (Å²) in [6.07, 6.45) is 3.10. The van der Waals surface area contributed by atoms with E-state index in [0.29, 0.717) is 30.4 Å². The topological polar surface area (TPSA) is 107 Å². The molecule has 0 bridgehead atoms. The SMILES string of the molecule is CC(C)(C)OC(=O)Nc1ccc(CCCc2noc([C@@H]3CCCN3C(=O)OCC3c4ccccc4-c4ccccc43)n2)cc1.